The molecule has 1 unspecified atom stereocenters. The van der Waals surface area contributed by atoms with E-state index in [9.17, 15) is 14.4 Å². The maximum atomic E-state index is 12.4. The molecule has 1 saturated carbocycles. The van der Waals surface area contributed by atoms with E-state index in [1.54, 1.807) is 18.2 Å². The Morgan fingerprint density at radius 1 is 1.06 bits per heavy atom. The van der Waals surface area contributed by atoms with E-state index in [-0.39, 0.29) is 23.8 Å². The number of anilines is 1. The van der Waals surface area contributed by atoms with Gasteiger partial charge in [-0.15, -0.1) is 0 Å². The quantitative estimate of drug-likeness (QED) is 0.558. The predicted octanol–water partition coefficient (Wildman–Crippen LogP) is 2.68. The molecule has 0 aromatic heterocycles. The molecule has 2 fully saturated rings. The van der Waals surface area contributed by atoms with Crippen molar-refractivity contribution in [3.05, 3.63) is 71.3 Å². The Morgan fingerprint density at radius 3 is 2.56 bits per heavy atom. The second-order valence-corrected chi connectivity index (χ2v) is 8.42. The van der Waals surface area contributed by atoms with Gasteiger partial charge in [0.15, 0.2) is 0 Å². The summed E-state index contributed by atoms with van der Waals surface area (Å²) in [6.45, 7) is 1.46. The number of hydrogen-bond donors (Lipinski definition) is 3. The first-order chi connectivity index (χ1) is 15.5. The number of benzene rings is 2. The van der Waals surface area contributed by atoms with Crippen molar-refractivity contribution in [2.24, 2.45) is 5.73 Å². The van der Waals surface area contributed by atoms with Crippen LogP contribution in [0.3, 0.4) is 0 Å². The molecule has 1 atom stereocenters. The lowest BCUT2D eigenvalue weighted by molar-refractivity contribution is -0.122. The van der Waals surface area contributed by atoms with Crippen molar-refractivity contribution >= 4 is 29.5 Å². The summed E-state index contributed by atoms with van der Waals surface area (Å²) in [4.78, 5) is 38.1. The molecule has 4 N–H and O–H groups in total. The minimum atomic E-state index is -0.284. The first-order valence-electron chi connectivity index (χ1n) is 11.0. The highest BCUT2D eigenvalue weighted by Gasteiger charge is 2.28. The van der Waals surface area contributed by atoms with Gasteiger partial charge in [0.1, 0.15) is 0 Å². The van der Waals surface area contributed by atoms with E-state index in [1.165, 1.54) is 6.08 Å². The van der Waals surface area contributed by atoms with E-state index in [4.69, 9.17) is 5.73 Å². The van der Waals surface area contributed by atoms with Crippen LogP contribution in [0.4, 0.5) is 5.69 Å². The van der Waals surface area contributed by atoms with Gasteiger partial charge in [-0.1, -0.05) is 24.3 Å². The lowest BCUT2D eigenvalue weighted by Gasteiger charge is -2.22. The number of amides is 3. The summed E-state index contributed by atoms with van der Waals surface area (Å²) in [6.07, 6.45) is 7.04. The van der Waals surface area contributed by atoms with Crippen LogP contribution >= 0.6 is 0 Å². The highest BCUT2D eigenvalue weighted by molar-refractivity contribution is 6.02. The Labute approximate surface area is 187 Å². The number of nitrogens with one attached hydrogen (secondary N) is 2. The van der Waals surface area contributed by atoms with Crippen LogP contribution in [0, 0.1) is 0 Å². The number of nitrogens with two attached hydrogens (primary N) is 1. The zero-order valence-corrected chi connectivity index (χ0v) is 17.9. The average Bonchev–Trinajstić information content (AvgIpc) is 3.47. The third kappa shape index (κ3) is 5.82. The van der Waals surface area contributed by atoms with Crippen LogP contribution in [0.1, 0.15) is 47.2 Å². The third-order valence-electron chi connectivity index (χ3n) is 5.78. The molecule has 0 radical (unpaired) electrons. The van der Waals surface area contributed by atoms with Gasteiger partial charge in [-0.2, -0.15) is 0 Å². The summed E-state index contributed by atoms with van der Waals surface area (Å²) in [6, 6.07) is 14.9. The lowest BCUT2D eigenvalue weighted by atomic mass is 10.1. The Morgan fingerprint density at radius 2 is 1.84 bits per heavy atom. The number of rotatable bonds is 8. The van der Waals surface area contributed by atoms with Crippen LogP contribution in [0.5, 0.6) is 0 Å². The van der Waals surface area contributed by atoms with E-state index >= 15 is 0 Å². The summed E-state index contributed by atoms with van der Waals surface area (Å²) in [5.41, 5.74) is 8.66. The maximum absolute atomic E-state index is 12.4. The fourth-order valence-electron chi connectivity index (χ4n) is 3.92. The fourth-order valence-corrected chi connectivity index (χ4v) is 3.92. The number of primary amides is 1. The molecule has 1 aliphatic carbocycles. The number of hydrogen-bond acceptors (Lipinski definition) is 4. The van der Waals surface area contributed by atoms with Gasteiger partial charge in [0.2, 0.25) is 11.8 Å². The van der Waals surface area contributed by atoms with Crippen LogP contribution < -0.4 is 16.4 Å². The Balaban J connectivity index is 1.31. The molecule has 166 valence electrons. The van der Waals surface area contributed by atoms with Gasteiger partial charge in [-0.25, -0.2) is 0 Å². The number of carbonyl (C=O) groups excluding carboxylic acids is 3. The smallest absolute Gasteiger partial charge is 0.251 e. The zero-order valence-electron chi connectivity index (χ0n) is 17.9. The predicted molar refractivity (Wildman–Crippen MR) is 124 cm³/mol. The molecule has 2 aromatic rings. The van der Waals surface area contributed by atoms with Gasteiger partial charge in [0, 0.05) is 29.9 Å². The van der Waals surface area contributed by atoms with Crippen molar-refractivity contribution in [2.45, 2.75) is 44.3 Å². The monoisotopic (exact) mass is 432 g/mol. The van der Waals surface area contributed by atoms with Crippen molar-refractivity contribution in [3.63, 3.8) is 0 Å². The molecule has 4 rings (SSSR count). The molecule has 1 aliphatic heterocycles. The molecule has 2 aliphatic rings. The molecule has 1 heterocycles. The van der Waals surface area contributed by atoms with Crippen LogP contribution in [0.15, 0.2) is 54.6 Å². The Bertz CT molecular complexity index is 1030. The van der Waals surface area contributed by atoms with Crippen molar-refractivity contribution < 1.29 is 14.4 Å². The van der Waals surface area contributed by atoms with Gasteiger partial charge in [-0.3, -0.25) is 19.3 Å². The third-order valence-corrected chi connectivity index (χ3v) is 5.78. The molecule has 0 bridgehead atoms. The summed E-state index contributed by atoms with van der Waals surface area (Å²) < 4.78 is 0. The van der Waals surface area contributed by atoms with Crippen molar-refractivity contribution in [3.8, 4) is 0 Å². The number of nitrogens with zero attached hydrogens (tertiary/aromatic N) is 1. The van der Waals surface area contributed by atoms with Crippen LogP contribution in [-0.4, -0.2) is 41.2 Å². The summed E-state index contributed by atoms with van der Waals surface area (Å²) in [5, 5.41) is 5.82. The topological polar surface area (TPSA) is 105 Å². The second kappa shape index (κ2) is 9.78. The SMILES string of the molecule is NC(=O)C1CCCN1Cc1cccc(NC(=O)/C=C/c2ccc(C(=O)NC3CC3)cc2)c1. The molecular formula is C25H28N4O3. The summed E-state index contributed by atoms with van der Waals surface area (Å²) in [5.74, 6) is -0.584. The molecule has 3 amide bonds. The molecule has 7 nitrogen and oxygen atoms in total. The normalized spacial score (nSPS) is 18.6. The largest absolute Gasteiger partial charge is 0.368 e. The Hall–Kier alpha value is -3.45. The average molecular weight is 433 g/mol. The fraction of sp³-hybridized carbons (Fsp3) is 0.320. The minimum Gasteiger partial charge on any atom is -0.368 e. The van der Waals surface area contributed by atoms with Crippen LogP contribution in [-0.2, 0) is 16.1 Å². The van der Waals surface area contributed by atoms with Gasteiger partial charge in [0.25, 0.3) is 5.91 Å². The van der Waals surface area contributed by atoms with E-state index in [1.807, 2.05) is 36.4 Å². The molecule has 2 aromatic carbocycles. The summed E-state index contributed by atoms with van der Waals surface area (Å²) in [7, 11) is 0. The highest BCUT2D eigenvalue weighted by Crippen LogP contribution is 2.21. The highest BCUT2D eigenvalue weighted by atomic mass is 16.2. The van der Waals surface area contributed by atoms with Gasteiger partial charge in [-0.05, 0) is 73.7 Å². The van der Waals surface area contributed by atoms with E-state index in [2.05, 4.69) is 15.5 Å². The molecular weight excluding hydrogens is 404 g/mol. The second-order valence-electron chi connectivity index (χ2n) is 8.42. The van der Waals surface area contributed by atoms with Crippen molar-refractivity contribution in [2.75, 3.05) is 11.9 Å². The van der Waals surface area contributed by atoms with E-state index in [0.29, 0.717) is 23.8 Å². The summed E-state index contributed by atoms with van der Waals surface area (Å²) >= 11 is 0. The number of likely N-dealkylation sites (tertiary alicyclic amines) is 1. The van der Waals surface area contributed by atoms with E-state index < -0.39 is 0 Å². The minimum absolute atomic E-state index is 0.0586. The van der Waals surface area contributed by atoms with Gasteiger partial charge in [0.05, 0.1) is 6.04 Å². The zero-order chi connectivity index (χ0) is 22.5. The van der Waals surface area contributed by atoms with E-state index in [0.717, 1.165) is 43.4 Å². The van der Waals surface area contributed by atoms with Crippen molar-refractivity contribution in [1.82, 2.24) is 10.2 Å². The standard InChI is InChI=1S/C25H28N4O3/c26-24(31)22-5-2-14-29(22)16-18-3-1-4-21(15-18)27-23(30)13-8-17-6-9-19(10-7-17)25(32)28-20-11-12-20/h1,3-4,6-10,13,15,20,22H,2,5,11-12,14,16H2,(H2,26,31)(H,27,30)(H,28,32)/b13-8+. The van der Waals surface area contributed by atoms with Gasteiger partial charge >= 0.3 is 0 Å². The van der Waals surface area contributed by atoms with Crippen LogP contribution in [0.2, 0.25) is 0 Å². The molecule has 1 saturated heterocycles. The maximum Gasteiger partial charge on any atom is 0.251 e. The molecule has 0 spiro atoms. The van der Waals surface area contributed by atoms with Crippen molar-refractivity contribution in [1.29, 1.82) is 0 Å². The van der Waals surface area contributed by atoms with Gasteiger partial charge < -0.3 is 16.4 Å². The number of carbonyl (C=O) groups is 3. The Kier molecular flexibility index (Phi) is 6.66. The first kappa shape index (κ1) is 21.8. The molecule has 32 heavy (non-hydrogen) atoms. The first-order valence-corrected chi connectivity index (χ1v) is 11.0. The van der Waals surface area contributed by atoms with Crippen LogP contribution in [0.25, 0.3) is 6.08 Å². The lowest BCUT2D eigenvalue weighted by Crippen LogP contribution is -2.39. The molecule has 7 heteroatoms.